The van der Waals surface area contributed by atoms with Gasteiger partial charge in [-0.1, -0.05) is 18.2 Å². The average Bonchev–Trinajstić information content (AvgIpc) is 2.47. The summed E-state index contributed by atoms with van der Waals surface area (Å²) in [5.41, 5.74) is 5.33. The van der Waals surface area contributed by atoms with E-state index in [1.165, 1.54) is 4.31 Å². The third-order valence-corrected chi connectivity index (χ3v) is 6.50. The fourth-order valence-corrected chi connectivity index (χ4v) is 4.67. The van der Waals surface area contributed by atoms with Crippen molar-refractivity contribution in [3.8, 4) is 0 Å². The van der Waals surface area contributed by atoms with E-state index in [1.54, 1.807) is 30.3 Å². The summed E-state index contributed by atoms with van der Waals surface area (Å²) in [5.74, 6) is -0.248. The van der Waals surface area contributed by atoms with Crippen LogP contribution in [-0.4, -0.2) is 55.8 Å². The van der Waals surface area contributed by atoms with Crippen LogP contribution in [0.4, 0.5) is 0 Å². The van der Waals surface area contributed by atoms with Gasteiger partial charge in [0.05, 0.1) is 4.90 Å². The van der Waals surface area contributed by atoms with Crippen molar-refractivity contribution in [2.75, 3.05) is 26.2 Å². The zero-order chi connectivity index (χ0) is 15.7. The third kappa shape index (κ3) is 2.88. The molecular formula is C15H21N3O3S. The summed E-state index contributed by atoms with van der Waals surface area (Å²) < 4.78 is 26.4. The van der Waals surface area contributed by atoms with Gasteiger partial charge in [0.25, 0.3) is 0 Å². The van der Waals surface area contributed by atoms with Crippen LogP contribution >= 0.6 is 0 Å². The molecule has 2 heterocycles. The molecule has 0 unspecified atom stereocenters. The van der Waals surface area contributed by atoms with E-state index in [-0.39, 0.29) is 17.9 Å². The Hall–Kier alpha value is -1.44. The lowest BCUT2D eigenvalue weighted by molar-refractivity contribution is -0.123. The van der Waals surface area contributed by atoms with Crippen molar-refractivity contribution in [1.29, 1.82) is 0 Å². The van der Waals surface area contributed by atoms with E-state index in [9.17, 15) is 13.2 Å². The molecule has 2 saturated heterocycles. The minimum Gasteiger partial charge on any atom is -0.369 e. The van der Waals surface area contributed by atoms with Gasteiger partial charge in [0.2, 0.25) is 15.9 Å². The quantitative estimate of drug-likeness (QED) is 0.861. The van der Waals surface area contributed by atoms with Crippen molar-refractivity contribution in [1.82, 2.24) is 9.21 Å². The number of nitrogens with zero attached hydrogens (tertiary/aromatic N) is 2. The summed E-state index contributed by atoms with van der Waals surface area (Å²) in [4.78, 5) is 13.8. The first kappa shape index (κ1) is 15.5. The molecule has 2 N–H and O–H groups in total. The topological polar surface area (TPSA) is 83.7 Å². The maximum absolute atomic E-state index is 12.4. The Labute approximate surface area is 130 Å². The fourth-order valence-electron chi connectivity index (χ4n) is 3.13. The van der Waals surface area contributed by atoms with Gasteiger partial charge < -0.3 is 5.73 Å². The molecule has 120 valence electrons. The zero-order valence-electron chi connectivity index (χ0n) is 12.4. The third-order valence-electron chi connectivity index (χ3n) is 4.66. The van der Waals surface area contributed by atoms with E-state index >= 15 is 0 Å². The summed E-state index contributed by atoms with van der Waals surface area (Å²) in [5, 5.41) is 0. The van der Waals surface area contributed by atoms with E-state index < -0.39 is 10.0 Å². The van der Waals surface area contributed by atoms with Gasteiger partial charge in [-0.3, -0.25) is 9.69 Å². The molecule has 2 fully saturated rings. The first-order valence-corrected chi connectivity index (χ1v) is 9.01. The Kier molecular flexibility index (Phi) is 4.20. The molecule has 2 aliphatic heterocycles. The Bertz CT molecular complexity index is 633. The largest absolute Gasteiger partial charge is 0.369 e. The number of primary amides is 1. The number of piperidine rings is 1. The minimum absolute atomic E-state index is 0.0273. The van der Waals surface area contributed by atoms with Crippen molar-refractivity contribution in [2.24, 2.45) is 11.7 Å². The molecular weight excluding hydrogens is 302 g/mol. The summed E-state index contributed by atoms with van der Waals surface area (Å²) in [6.45, 7) is 2.69. The molecule has 0 saturated carbocycles. The van der Waals surface area contributed by atoms with Crippen LogP contribution in [-0.2, 0) is 14.8 Å². The summed E-state index contributed by atoms with van der Waals surface area (Å²) in [6, 6.07) is 8.78. The Morgan fingerprint density at radius 1 is 1.09 bits per heavy atom. The molecule has 2 aliphatic rings. The molecule has 0 bridgehead atoms. The normalized spacial score (nSPS) is 22.4. The second-order valence-electron chi connectivity index (χ2n) is 6.00. The molecule has 0 aromatic heterocycles. The molecule has 0 radical (unpaired) electrons. The highest BCUT2D eigenvalue weighted by molar-refractivity contribution is 7.89. The lowest BCUT2D eigenvalue weighted by atomic mass is 9.94. The second-order valence-corrected chi connectivity index (χ2v) is 7.94. The fraction of sp³-hybridized carbons (Fsp3) is 0.533. The van der Waals surface area contributed by atoms with Crippen LogP contribution in [0.5, 0.6) is 0 Å². The van der Waals surface area contributed by atoms with Crippen molar-refractivity contribution >= 4 is 15.9 Å². The number of carbonyl (C=O) groups excluding carboxylic acids is 1. The van der Waals surface area contributed by atoms with Crippen LogP contribution < -0.4 is 5.73 Å². The van der Waals surface area contributed by atoms with Gasteiger partial charge in [0.1, 0.15) is 0 Å². The number of benzene rings is 1. The Balaban J connectivity index is 1.56. The number of carbonyl (C=O) groups is 1. The zero-order valence-corrected chi connectivity index (χ0v) is 13.2. The highest BCUT2D eigenvalue weighted by atomic mass is 32.2. The van der Waals surface area contributed by atoms with E-state index in [1.807, 2.05) is 0 Å². The predicted octanol–water partition coefficient (Wildman–Crippen LogP) is 0.257. The molecule has 1 aromatic rings. The number of hydrogen-bond acceptors (Lipinski definition) is 4. The van der Waals surface area contributed by atoms with Gasteiger partial charge in [-0.15, -0.1) is 0 Å². The lowest BCUT2D eigenvalue weighted by Crippen LogP contribution is -2.62. The second kappa shape index (κ2) is 5.98. The standard InChI is InChI=1S/C15H21N3O3S/c16-15(19)12-6-8-17(9-7-12)13-10-18(11-13)22(20,21)14-4-2-1-3-5-14/h1-5,12-13H,6-11H2,(H2,16,19). The van der Waals surface area contributed by atoms with Crippen LogP contribution in [0.25, 0.3) is 0 Å². The van der Waals surface area contributed by atoms with Crippen LogP contribution in [0.3, 0.4) is 0 Å². The highest BCUT2D eigenvalue weighted by Gasteiger charge is 2.40. The first-order chi connectivity index (χ1) is 10.5. The van der Waals surface area contributed by atoms with E-state index in [0.29, 0.717) is 18.0 Å². The maximum Gasteiger partial charge on any atom is 0.243 e. The van der Waals surface area contributed by atoms with Crippen molar-refractivity contribution in [2.45, 2.75) is 23.8 Å². The SMILES string of the molecule is NC(=O)C1CCN(C2CN(S(=O)(=O)c3ccccc3)C2)CC1. The molecule has 1 amide bonds. The van der Waals surface area contributed by atoms with Gasteiger partial charge in [-0.2, -0.15) is 4.31 Å². The van der Waals surface area contributed by atoms with Crippen molar-refractivity contribution in [3.63, 3.8) is 0 Å². The molecule has 22 heavy (non-hydrogen) atoms. The number of nitrogens with two attached hydrogens (primary N) is 1. The number of rotatable bonds is 4. The van der Waals surface area contributed by atoms with Gasteiger partial charge in [-0.25, -0.2) is 8.42 Å². The maximum atomic E-state index is 12.4. The Morgan fingerprint density at radius 3 is 2.23 bits per heavy atom. The van der Waals surface area contributed by atoms with Crippen molar-refractivity contribution in [3.05, 3.63) is 30.3 Å². The van der Waals surface area contributed by atoms with E-state index in [0.717, 1.165) is 25.9 Å². The molecule has 0 aliphatic carbocycles. The Morgan fingerprint density at radius 2 is 1.68 bits per heavy atom. The predicted molar refractivity (Wildman–Crippen MR) is 82.5 cm³/mol. The number of sulfonamides is 1. The van der Waals surface area contributed by atoms with Gasteiger partial charge >= 0.3 is 0 Å². The highest BCUT2D eigenvalue weighted by Crippen LogP contribution is 2.27. The smallest absolute Gasteiger partial charge is 0.243 e. The molecule has 6 nitrogen and oxygen atoms in total. The van der Waals surface area contributed by atoms with Gasteiger partial charge in [0.15, 0.2) is 0 Å². The van der Waals surface area contributed by atoms with Crippen LogP contribution in [0, 0.1) is 5.92 Å². The summed E-state index contributed by atoms with van der Waals surface area (Å²) in [7, 11) is -3.37. The lowest BCUT2D eigenvalue weighted by Gasteiger charge is -2.46. The number of likely N-dealkylation sites (tertiary alicyclic amines) is 1. The number of hydrogen-bond donors (Lipinski definition) is 1. The number of amides is 1. The minimum atomic E-state index is -3.37. The van der Waals surface area contributed by atoms with Gasteiger partial charge in [-0.05, 0) is 38.1 Å². The van der Waals surface area contributed by atoms with Gasteiger partial charge in [0, 0.05) is 25.0 Å². The van der Waals surface area contributed by atoms with Crippen LogP contribution in [0.15, 0.2) is 35.2 Å². The molecule has 0 atom stereocenters. The summed E-state index contributed by atoms with van der Waals surface area (Å²) >= 11 is 0. The first-order valence-electron chi connectivity index (χ1n) is 7.57. The molecule has 3 rings (SSSR count). The van der Waals surface area contributed by atoms with Crippen molar-refractivity contribution < 1.29 is 13.2 Å². The average molecular weight is 323 g/mol. The van der Waals surface area contributed by atoms with Crippen LogP contribution in [0.2, 0.25) is 0 Å². The van der Waals surface area contributed by atoms with E-state index in [2.05, 4.69) is 4.90 Å². The molecule has 1 aromatic carbocycles. The molecule has 7 heteroatoms. The monoisotopic (exact) mass is 323 g/mol. The summed E-state index contributed by atoms with van der Waals surface area (Å²) in [6.07, 6.45) is 1.55. The molecule has 0 spiro atoms. The van der Waals surface area contributed by atoms with E-state index in [4.69, 9.17) is 5.73 Å². The van der Waals surface area contributed by atoms with Crippen LogP contribution in [0.1, 0.15) is 12.8 Å².